The van der Waals surface area contributed by atoms with Crippen molar-refractivity contribution >= 4 is 16.9 Å². The first-order valence-electron chi connectivity index (χ1n) is 8.69. The average molecular weight is 343 g/mol. The lowest BCUT2D eigenvalue weighted by molar-refractivity contribution is 0.876. The molecule has 4 rings (SSSR count). The molecular weight excluding hydrogens is 322 g/mol. The van der Waals surface area contributed by atoms with Crippen LogP contribution < -0.4 is 11.1 Å². The van der Waals surface area contributed by atoms with Crippen LogP contribution in [0, 0.1) is 0 Å². The van der Waals surface area contributed by atoms with Crippen LogP contribution in [-0.4, -0.2) is 15.0 Å². The first kappa shape index (κ1) is 16.3. The second-order valence-corrected chi connectivity index (χ2v) is 6.35. The molecule has 2 aromatic heterocycles. The SMILES string of the molecule is CC(Nc1ncnc2[nH]c(-c3ccc(CN)cc3)cc12)c1ccccc1. The van der Waals surface area contributed by atoms with Gasteiger partial charge in [-0.3, -0.25) is 0 Å². The number of fused-ring (bicyclic) bond motifs is 1. The Morgan fingerprint density at radius 2 is 1.81 bits per heavy atom. The normalized spacial score (nSPS) is 12.2. The fourth-order valence-corrected chi connectivity index (χ4v) is 3.06. The Bertz CT molecular complexity index is 1010. The molecule has 2 heterocycles. The second kappa shape index (κ2) is 6.98. The van der Waals surface area contributed by atoms with Crippen molar-refractivity contribution in [3.05, 3.63) is 78.1 Å². The molecule has 4 aromatic rings. The van der Waals surface area contributed by atoms with Gasteiger partial charge >= 0.3 is 0 Å². The number of rotatable bonds is 5. The maximum Gasteiger partial charge on any atom is 0.143 e. The summed E-state index contributed by atoms with van der Waals surface area (Å²) in [5.41, 5.74) is 10.9. The summed E-state index contributed by atoms with van der Waals surface area (Å²) < 4.78 is 0. The van der Waals surface area contributed by atoms with E-state index in [0.29, 0.717) is 6.54 Å². The van der Waals surface area contributed by atoms with Gasteiger partial charge in [0.2, 0.25) is 0 Å². The summed E-state index contributed by atoms with van der Waals surface area (Å²) in [4.78, 5) is 12.2. The summed E-state index contributed by atoms with van der Waals surface area (Å²) in [6.07, 6.45) is 1.58. The van der Waals surface area contributed by atoms with Gasteiger partial charge in [-0.25, -0.2) is 9.97 Å². The number of hydrogen-bond acceptors (Lipinski definition) is 4. The number of nitrogens with zero attached hydrogens (tertiary/aromatic N) is 2. The van der Waals surface area contributed by atoms with Crippen LogP contribution in [0.5, 0.6) is 0 Å². The number of hydrogen-bond donors (Lipinski definition) is 3. The standard InChI is InChI=1S/C21H21N5/c1-14(16-5-3-2-4-6-16)25-20-18-11-19(26-21(18)24-13-23-20)17-9-7-15(12-22)8-10-17/h2-11,13-14H,12,22H2,1H3,(H2,23,24,25,26). The Morgan fingerprint density at radius 1 is 1.04 bits per heavy atom. The smallest absolute Gasteiger partial charge is 0.143 e. The molecule has 1 atom stereocenters. The van der Waals surface area contributed by atoms with Crippen molar-refractivity contribution in [2.24, 2.45) is 5.73 Å². The van der Waals surface area contributed by atoms with Crippen LogP contribution in [0.2, 0.25) is 0 Å². The van der Waals surface area contributed by atoms with Crippen molar-refractivity contribution in [2.45, 2.75) is 19.5 Å². The van der Waals surface area contributed by atoms with Crippen LogP contribution in [0.25, 0.3) is 22.3 Å². The lowest BCUT2D eigenvalue weighted by atomic mass is 10.1. The maximum absolute atomic E-state index is 5.68. The average Bonchev–Trinajstić information content (AvgIpc) is 3.14. The van der Waals surface area contributed by atoms with Gasteiger partial charge in [-0.15, -0.1) is 0 Å². The van der Waals surface area contributed by atoms with Gasteiger partial charge in [-0.1, -0.05) is 54.6 Å². The van der Waals surface area contributed by atoms with E-state index < -0.39 is 0 Å². The highest BCUT2D eigenvalue weighted by molar-refractivity contribution is 5.91. The van der Waals surface area contributed by atoms with Crippen molar-refractivity contribution in [1.29, 1.82) is 0 Å². The van der Waals surface area contributed by atoms with Gasteiger partial charge < -0.3 is 16.0 Å². The second-order valence-electron chi connectivity index (χ2n) is 6.35. The highest BCUT2D eigenvalue weighted by atomic mass is 15.1. The zero-order chi connectivity index (χ0) is 17.9. The summed E-state index contributed by atoms with van der Waals surface area (Å²) in [6, 6.07) is 20.8. The molecule has 0 aliphatic rings. The van der Waals surface area contributed by atoms with Crippen molar-refractivity contribution < 1.29 is 0 Å². The lowest BCUT2D eigenvalue weighted by Gasteiger charge is -2.15. The zero-order valence-electron chi connectivity index (χ0n) is 14.6. The van der Waals surface area contributed by atoms with Gasteiger partial charge in [-0.05, 0) is 29.7 Å². The molecule has 0 aliphatic heterocycles. The van der Waals surface area contributed by atoms with Crippen molar-refractivity contribution in [3.63, 3.8) is 0 Å². The van der Waals surface area contributed by atoms with Crippen molar-refractivity contribution in [2.75, 3.05) is 5.32 Å². The molecule has 5 nitrogen and oxygen atoms in total. The van der Waals surface area contributed by atoms with E-state index in [1.807, 2.05) is 30.3 Å². The maximum atomic E-state index is 5.68. The highest BCUT2D eigenvalue weighted by Gasteiger charge is 2.12. The number of nitrogens with two attached hydrogens (primary N) is 1. The summed E-state index contributed by atoms with van der Waals surface area (Å²) >= 11 is 0. The van der Waals surface area contributed by atoms with E-state index in [1.54, 1.807) is 6.33 Å². The number of nitrogens with one attached hydrogen (secondary N) is 2. The van der Waals surface area contributed by atoms with E-state index >= 15 is 0 Å². The van der Waals surface area contributed by atoms with Crippen LogP contribution in [0.15, 0.2) is 67.0 Å². The quantitative estimate of drug-likeness (QED) is 0.506. The fourth-order valence-electron chi connectivity index (χ4n) is 3.06. The first-order valence-corrected chi connectivity index (χ1v) is 8.69. The van der Waals surface area contributed by atoms with Crippen LogP contribution in [0.1, 0.15) is 24.1 Å². The van der Waals surface area contributed by atoms with Crippen LogP contribution >= 0.6 is 0 Å². The Balaban J connectivity index is 1.67. The lowest BCUT2D eigenvalue weighted by Crippen LogP contribution is -2.08. The number of anilines is 1. The molecule has 26 heavy (non-hydrogen) atoms. The van der Waals surface area contributed by atoms with E-state index in [1.165, 1.54) is 5.56 Å². The third-order valence-corrected chi connectivity index (χ3v) is 4.58. The minimum atomic E-state index is 0.150. The predicted octanol–water partition coefficient (Wildman–Crippen LogP) is 4.26. The van der Waals surface area contributed by atoms with Crippen molar-refractivity contribution in [3.8, 4) is 11.3 Å². The van der Waals surface area contributed by atoms with Gasteiger partial charge in [0.1, 0.15) is 17.8 Å². The topological polar surface area (TPSA) is 79.6 Å². The minimum absolute atomic E-state index is 0.150. The highest BCUT2D eigenvalue weighted by Crippen LogP contribution is 2.28. The predicted molar refractivity (Wildman–Crippen MR) is 106 cm³/mol. The van der Waals surface area contributed by atoms with E-state index in [9.17, 15) is 0 Å². The number of aromatic nitrogens is 3. The molecule has 0 aliphatic carbocycles. The Hall–Kier alpha value is -3.18. The van der Waals surface area contributed by atoms with E-state index in [0.717, 1.165) is 33.7 Å². The van der Waals surface area contributed by atoms with E-state index in [4.69, 9.17) is 5.73 Å². The molecule has 0 saturated heterocycles. The van der Waals surface area contributed by atoms with Gasteiger partial charge in [0.05, 0.1) is 5.39 Å². The molecule has 0 spiro atoms. The summed E-state index contributed by atoms with van der Waals surface area (Å²) in [5.74, 6) is 0.826. The molecular formula is C21H21N5. The third kappa shape index (κ3) is 3.17. The molecule has 1 unspecified atom stereocenters. The van der Waals surface area contributed by atoms with Gasteiger partial charge in [0, 0.05) is 18.3 Å². The number of aromatic amines is 1. The fraction of sp³-hybridized carbons (Fsp3) is 0.143. The van der Waals surface area contributed by atoms with Crippen LogP contribution in [-0.2, 0) is 6.54 Å². The van der Waals surface area contributed by atoms with Crippen LogP contribution in [0.4, 0.5) is 5.82 Å². The molecule has 0 radical (unpaired) electrons. The van der Waals surface area contributed by atoms with Gasteiger partial charge in [0.25, 0.3) is 0 Å². The van der Waals surface area contributed by atoms with Gasteiger partial charge in [0.15, 0.2) is 0 Å². The number of benzene rings is 2. The summed E-state index contributed by atoms with van der Waals surface area (Å²) in [7, 11) is 0. The first-order chi connectivity index (χ1) is 12.7. The van der Waals surface area contributed by atoms with E-state index in [-0.39, 0.29) is 6.04 Å². The molecule has 130 valence electrons. The molecule has 5 heteroatoms. The molecule has 0 bridgehead atoms. The van der Waals surface area contributed by atoms with Gasteiger partial charge in [-0.2, -0.15) is 0 Å². The van der Waals surface area contributed by atoms with Crippen molar-refractivity contribution in [1.82, 2.24) is 15.0 Å². The monoisotopic (exact) mass is 343 g/mol. The van der Waals surface area contributed by atoms with E-state index in [2.05, 4.69) is 57.5 Å². The Labute approximate surface area is 152 Å². The zero-order valence-corrected chi connectivity index (χ0v) is 14.6. The molecule has 0 saturated carbocycles. The summed E-state index contributed by atoms with van der Waals surface area (Å²) in [5, 5.41) is 4.48. The number of H-pyrrole nitrogens is 1. The Morgan fingerprint density at radius 3 is 2.54 bits per heavy atom. The molecule has 0 amide bonds. The Kier molecular flexibility index (Phi) is 4.37. The van der Waals surface area contributed by atoms with Crippen LogP contribution in [0.3, 0.4) is 0 Å². The summed E-state index contributed by atoms with van der Waals surface area (Å²) in [6.45, 7) is 2.67. The molecule has 2 aromatic carbocycles. The third-order valence-electron chi connectivity index (χ3n) is 4.58. The largest absolute Gasteiger partial charge is 0.363 e. The molecule has 0 fully saturated rings. The minimum Gasteiger partial charge on any atom is -0.363 e. The molecule has 4 N–H and O–H groups in total.